The highest BCUT2D eigenvalue weighted by atomic mass is 16.3. The Bertz CT molecular complexity index is 241. The van der Waals surface area contributed by atoms with Crippen molar-refractivity contribution in [2.75, 3.05) is 13.2 Å². The molecule has 0 saturated carbocycles. The summed E-state index contributed by atoms with van der Waals surface area (Å²) in [6.07, 6.45) is 1.03. The minimum Gasteiger partial charge on any atom is -0.396 e. The second-order valence-corrected chi connectivity index (χ2v) is 3.90. The van der Waals surface area contributed by atoms with Crippen molar-refractivity contribution in [2.24, 2.45) is 11.3 Å². The van der Waals surface area contributed by atoms with Crippen LogP contribution < -0.4 is 5.32 Å². The summed E-state index contributed by atoms with van der Waals surface area (Å²) in [6.45, 7) is 5.96. The van der Waals surface area contributed by atoms with Crippen LogP contribution in [0.1, 0.15) is 33.6 Å². The van der Waals surface area contributed by atoms with Gasteiger partial charge >= 0.3 is 0 Å². The summed E-state index contributed by atoms with van der Waals surface area (Å²) in [7, 11) is 0. The normalized spacial score (nSPS) is 13.0. The van der Waals surface area contributed by atoms with E-state index in [-0.39, 0.29) is 18.4 Å². The van der Waals surface area contributed by atoms with Gasteiger partial charge in [0, 0.05) is 13.2 Å². The predicted octanol–water partition coefficient (Wildman–Crippen LogP) is 1.06. The molecule has 1 atom stereocenters. The molecule has 1 amide bonds. The molecule has 0 heterocycles. The molecule has 0 aliphatic rings. The van der Waals surface area contributed by atoms with Crippen LogP contribution in [0.5, 0.6) is 0 Å². The van der Waals surface area contributed by atoms with Crippen LogP contribution in [0.15, 0.2) is 0 Å². The van der Waals surface area contributed by atoms with Gasteiger partial charge in [-0.05, 0) is 18.8 Å². The van der Waals surface area contributed by atoms with Gasteiger partial charge in [-0.25, -0.2) is 0 Å². The van der Waals surface area contributed by atoms with E-state index >= 15 is 0 Å². The van der Waals surface area contributed by atoms with Crippen LogP contribution in [0.3, 0.4) is 0 Å². The number of carbonyl (C=O) groups excluding carboxylic acids is 1. The minimum absolute atomic E-state index is 0.0269. The molecule has 0 radical (unpaired) electrons. The van der Waals surface area contributed by atoms with Crippen molar-refractivity contribution >= 4 is 5.91 Å². The van der Waals surface area contributed by atoms with Crippen LogP contribution in [0.4, 0.5) is 0 Å². The molecule has 2 N–H and O–H groups in total. The zero-order chi connectivity index (χ0) is 11.9. The van der Waals surface area contributed by atoms with E-state index in [1.165, 1.54) is 0 Å². The molecular formula is C11H20N2O2. The maximum Gasteiger partial charge on any atom is 0.240 e. The summed E-state index contributed by atoms with van der Waals surface area (Å²) in [5.41, 5.74) is -0.908. The highest BCUT2D eigenvalue weighted by Gasteiger charge is 2.34. The van der Waals surface area contributed by atoms with Crippen LogP contribution >= 0.6 is 0 Å². The number of nitrogens with zero attached hydrogens (tertiary/aromatic N) is 1. The van der Waals surface area contributed by atoms with Gasteiger partial charge < -0.3 is 10.4 Å². The molecule has 0 aliphatic carbocycles. The van der Waals surface area contributed by atoms with Crippen molar-refractivity contribution in [1.29, 1.82) is 5.26 Å². The Labute approximate surface area is 91.3 Å². The second kappa shape index (κ2) is 6.41. The molecule has 0 fully saturated rings. The number of nitrogens with one attached hydrogen (secondary N) is 1. The van der Waals surface area contributed by atoms with Crippen molar-refractivity contribution < 1.29 is 9.90 Å². The summed E-state index contributed by atoms with van der Waals surface area (Å²) in [5, 5.41) is 20.5. The maximum absolute atomic E-state index is 11.8. The lowest BCUT2D eigenvalue weighted by atomic mass is 9.83. The van der Waals surface area contributed by atoms with Crippen LogP contribution in [-0.4, -0.2) is 24.2 Å². The van der Waals surface area contributed by atoms with E-state index in [4.69, 9.17) is 10.4 Å². The third kappa shape index (κ3) is 3.52. The fourth-order valence-electron chi connectivity index (χ4n) is 1.28. The van der Waals surface area contributed by atoms with E-state index in [0.29, 0.717) is 19.4 Å². The summed E-state index contributed by atoms with van der Waals surface area (Å²) < 4.78 is 0. The molecule has 0 aliphatic heterocycles. The predicted molar refractivity (Wildman–Crippen MR) is 57.9 cm³/mol. The van der Waals surface area contributed by atoms with Gasteiger partial charge in [-0.15, -0.1) is 0 Å². The lowest BCUT2D eigenvalue weighted by Gasteiger charge is -2.23. The first-order valence-electron chi connectivity index (χ1n) is 5.36. The zero-order valence-electron chi connectivity index (χ0n) is 9.71. The molecule has 1 unspecified atom stereocenters. The first kappa shape index (κ1) is 13.9. The Morgan fingerprint density at radius 1 is 1.53 bits per heavy atom. The third-order valence-electron chi connectivity index (χ3n) is 2.78. The van der Waals surface area contributed by atoms with Gasteiger partial charge in [0.2, 0.25) is 5.91 Å². The Morgan fingerprint density at radius 3 is 2.40 bits per heavy atom. The second-order valence-electron chi connectivity index (χ2n) is 3.90. The van der Waals surface area contributed by atoms with Gasteiger partial charge in [-0.2, -0.15) is 5.26 Å². The van der Waals surface area contributed by atoms with Crippen molar-refractivity contribution in [2.45, 2.75) is 33.6 Å². The Kier molecular flexibility index (Phi) is 5.95. The molecule has 0 aromatic heterocycles. The topological polar surface area (TPSA) is 73.1 Å². The lowest BCUT2D eigenvalue weighted by molar-refractivity contribution is -0.128. The van der Waals surface area contributed by atoms with Crippen molar-refractivity contribution in [3.05, 3.63) is 0 Å². The molecule has 4 heteroatoms. The number of carbonyl (C=O) groups is 1. The summed E-state index contributed by atoms with van der Waals surface area (Å²) in [6, 6.07) is 2.08. The molecule has 86 valence electrons. The van der Waals surface area contributed by atoms with Crippen molar-refractivity contribution in [3.63, 3.8) is 0 Å². The van der Waals surface area contributed by atoms with E-state index in [1.807, 2.05) is 20.8 Å². The van der Waals surface area contributed by atoms with Gasteiger partial charge in [-0.1, -0.05) is 20.8 Å². The van der Waals surface area contributed by atoms with Crippen molar-refractivity contribution in [1.82, 2.24) is 5.32 Å². The summed E-state index contributed by atoms with van der Waals surface area (Å²) >= 11 is 0. The molecule has 0 aromatic carbocycles. The zero-order valence-corrected chi connectivity index (χ0v) is 9.71. The highest BCUT2D eigenvalue weighted by molar-refractivity contribution is 5.85. The number of amides is 1. The largest absolute Gasteiger partial charge is 0.396 e. The van der Waals surface area contributed by atoms with Gasteiger partial charge in [0.15, 0.2) is 0 Å². The molecule has 15 heavy (non-hydrogen) atoms. The lowest BCUT2D eigenvalue weighted by Crippen LogP contribution is -2.41. The van der Waals surface area contributed by atoms with E-state index < -0.39 is 5.41 Å². The number of rotatable bonds is 6. The van der Waals surface area contributed by atoms with E-state index in [1.54, 1.807) is 0 Å². The average molecular weight is 212 g/mol. The molecule has 0 aromatic rings. The molecule has 0 saturated heterocycles. The molecule has 4 nitrogen and oxygen atoms in total. The van der Waals surface area contributed by atoms with Crippen molar-refractivity contribution in [3.8, 4) is 6.07 Å². The van der Waals surface area contributed by atoms with Crippen LogP contribution in [0.25, 0.3) is 0 Å². The fraction of sp³-hybridized carbons (Fsp3) is 0.818. The quantitative estimate of drug-likeness (QED) is 0.691. The van der Waals surface area contributed by atoms with E-state index in [9.17, 15) is 4.79 Å². The SMILES string of the molecule is CCC(C#N)(CC)C(=O)NCC(C)CO. The van der Waals surface area contributed by atoms with Gasteiger partial charge in [0.1, 0.15) is 5.41 Å². The smallest absolute Gasteiger partial charge is 0.240 e. The Hall–Kier alpha value is -1.08. The molecule has 0 rings (SSSR count). The first-order chi connectivity index (χ1) is 7.06. The monoisotopic (exact) mass is 212 g/mol. The van der Waals surface area contributed by atoms with Crippen LogP contribution in [-0.2, 0) is 4.79 Å². The van der Waals surface area contributed by atoms with E-state index in [0.717, 1.165) is 0 Å². The third-order valence-corrected chi connectivity index (χ3v) is 2.78. The summed E-state index contributed by atoms with van der Waals surface area (Å²) in [4.78, 5) is 11.8. The minimum atomic E-state index is -0.908. The maximum atomic E-state index is 11.8. The molecule has 0 bridgehead atoms. The fourth-order valence-corrected chi connectivity index (χ4v) is 1.28. The van der Waals surface area contributed by atoms with Gasteiger partial charge in [-0.3, -0.25) is 4.79 Å². The van der Waals surface area contributed by atoms with Crippen LogP contribution in [0, 0.1) is 22.7 Å². The number of aliphatic hydroxyl groups excluding tert-OH is 1. The summed E-state index contributed by atoms with van der Waals surface area (Å²) in [5.74, 6) is -0.200. The number of nitriles is 1. The van der Waals surface area contributed by atoms with E-state index in [2.05, 4.69) is 11.4 Å². The number of aliphatic hydroxyl groups is 1. The average Bonchev–Trinajstić information content (AvgIpc) is 2.28. The Morgan fingerprint density at radius 2 is 2.07 bits per heavy atom. The molecular weight excluding hydrogens is 192 g/mol. The number of hydrogen-bond acceptors (Lipinski definition) is 3. The Balaban J connectivity index is 4.36. The van der Waals surface area contributed by atoms with Crippen LogP contribution in [0.2, 0.25) is 0 Å². The first-order valence-corrected chi connectivity index (χ1v) is 5.36. The standard InChI is InChI=1S/C11H20N2O2/c1-4-11(5-2,8-12)10(15)13-6-9(3)7-14/h9,14H,4-7H2,1-3H3,(H,13,15). The van der Waals surface area contributed by atoms with Gasteiger partial charge in [0.05, 0.1) is 6.07 Å². The highest BCUT2D eigenvalue weighted by Crippen LogP contribution is 2.25. The van der Waals surface area contributed by atoms with Gasteiger partial charge in [0.25, 0.3) is 0 Å². The molecule has 0 spiro atoms. The number of hydrogen-bond donors (Lipinski definition) is 2.